The molecule has 1 atom stereocenters. The molecular weight excluding hydrogens is 333 g/mol. The van der Waals surface area contributed by atoms with E-state index in [9.17, 15) is 9.90 Å². The van der Waals surface area contributed by atoms with E-state index in [0.29, 0.717) is 32.9 Å². The van der Waals surface area contributed by atoms with Crippen molar-refractivity contribution in [3.05, 3.63) is 62.6 Å². The smallest absolute Gasteiger partial charge is 0.214 e. The lowest BCUT2D eigenvalue weighted by atomic mass is 10.1. The molecule has 1 N–H and O–H groups in total. The number of nitrogens with zero attached hydrogens (tertiary/aromatic N) is 1. The topological polar surface area (TPSA) is 40.5 Å². The van der Waals surface area contributed by atoms with Crippen molar-refractivity contribution in [3.8, 4) is 0 Å². The van der Waals surface area contributed by atoms with Gasteiger partial charge in [0.15, 0.2) is 6.23 Å². The fraction of sp³-hybridized carbons (Fsp3) is 0.133. The first-order valence-corrected chi connectivity index (χ1v) is 7.33. The predicted molar refractivity (Wildman–Crippen MR) is 84.4 cm³/mol. The molecule has 0 bridgehead atoms. The van der Waals surface area contributed by atoms with Crippen LogP contribution in [0.15, 0.2) is 36.4 Å². The number of hydrogen-bond acceptors (Lipinski definition) is 3. The minimum atomic E-state index is -1.21. The van der Waals surface area contributed by atoms with Crippen LogP contribution >= 0.6 is 34.8 Å². The molecule has 1 heterocycles. The lowest BCUT2D eigenvalue weighted by Gasteiger charge is -2.22. The normalized spacial score (nSPS) is 17.2. The van der Waals surface area contributed by atoms with Gasteiger partial charge in [0.1, 0.15) is 0 Å². The summed E-state index contributed by atoms with van der Waals surface area (Å²) in [6.07, 6.45) is -1.21. The molecule has 0 saturated carbocycles. The first-order chi connectivity index (χ1) is 9.97. The lowest BCUT2D eigenvalue weighted by molar-refractivity contribution is 0.0767. The van der Waals surface area contributed by atoms with Gasteiger partial charge in [-0.2, -0.15) is 0 Å². The van der Waals surface area contributed by atoms with E-state index in [1.165, 1.54) is 0 Å². The van der Waals surface area contributed by atoms with E-state index >= 15 is 0 Å². The van der Waals surface area contributed by atoms with Crippen LogP contribution in [0, 0.1) is 0 Å². The fourth-order valence-corrected chi connectivity index (χ4v) is 2.87. The van der Waals surface area contributed by atoms with Gasteiger partial charge >= 0.3 is 0 Å². The Morgan fingerprint density at radius 2 is 1.81 bits per heavy atom. The van der Waals surface area contributed by atoms with Crippen LogP contribution in [-0.2, 0) is 6.54 Å². The zero-order valence-electron chi connectivity index (χ0n) is 10.7. The Morgan fingerprint density at radius 1 is 1.05 bits per heavy atom. The molecule has 6 heteroatoms. The first kappa shape index (κ1) is 14.7. The number of hydrogen-bond donors (Lipinski definition) is 1. The number of anilines is 1. The third-order valence-electron chi connectivity index (χ3n) is 3.40. The Kier molecular flexibility index (Phi) is 3.84. The minimum absolute atomic E-state index is 0.346. The average Bonchev–Trinajstić information content (AvgIpc) is 2.68. The van der Waals surface area contributed by atoms with Gasteiger partial charge in [0.05, 0.1) is 15.7 Å². The molecule has 3 nitrogen and oxygen atoms in total. The van der Waals surface area contributed by atoms with Crippen LogP contribution in [0.5, 0.6) is 0 Å². The number of ketones is 1. The van der Waals surface area contributed by atoms with Gasteiger partial charge in [0.25, 0.3) is 0 Å². The maximum Gasteiger partial charge on any atom is 0.214 e. The zero-order chi connectivity index (χ0) is 15.1. The van der Waals surface area contributed by atoms with Crippen molar-refractivity contribution >= 4 is 46.3 Å². The number of benzene rings is 2. The van der Waals surface area contributed by atoms with Crippen molar-refractivity contribution in [2.75, 3.05) is 4.90 Å². The molecule has 1 aliphatic heterocycles. The third kappa shape index (κ3) is 2.62. The molecule has 0 aromatic heterocycles. The molecule has 21 heavy (non-hydrogen) atoms. The summed E-state index contributed by atoms with van der Waals surface area (Å²) >= 11 is 17.8. The van der Waals surface area contributed by atoms with Gasteiger partial charge in [-0.15, -0.1) is 0 Å². The Bertz CT molecular complexity index is 733. The summed E-state index contributed by atoms with van der Waals surface area (Å²) in [5.41, 5.74) is 1.93. The van der Waals surface area contributed by atoms with Gasteiger partial charge in [0, 0.05) is 17.1 Å². The molecule has 1 aliphatic rings. The molecule has 108 valence electrons. The van der Waals surface area contributed by atoms with Crippen molar-refractivity contribution in [1.82, 2.24) is 0 Å². The quantitative estimate of drug-likeness (QED) is 0.890. The van der Waals surface area contributed by atoms with Gasteiger partial charge in [0.2, 0.25) is 5.78 Å². The average molecular weight is 343 g/mol. The zero-order valence-corrected chi connectivity index (χ0v) is 13.0. The molecule has 0 spiro atoms. The largest absolute Gasteiger partial charge is 0.367 e. The van der Waals surface area contributed by atoms with Crippen molar-refractivity contribution < 1.29 is 9.90 Å². The molecule has 0 aliphatic carbocycles. The van der Waals surface area contributed by atoms with Gasteiger partial charge in [-0.25, -0.2) is 0 Å². The standard InChI is InChI=1S/C15H10Cl3NO2/c16-9-2-4-13-10(6-9)14(20)15(21)19(13)7-8-1-3-11(17)12(18)5-8/h1-6,15,21H,7H2. The molecule has 0 amide bonds. The summed E-state index contributed by atoms with van der Waals surface area (Å²) in [5, 5.41) is 11.5. The third-order valence-corrected chi connectivity index (χ3v) is 4.37. The summed E-state index contributed by atoms with van der Waals surface area (Å²) in [6, 6.07) is 10.2. The van der Waals surface area contributed by atoms with E-state index < -0.39 is 6.23 Å². The monoisotopic (exact) mass is 341 g/mol. The van der Waals surface area contributed by atoms with Crippen molar-refractivity contribution in [3.63, 3.8) is 0 Å². The summed E-state index contributed by atoms with van der Waals surface area (Å²) in [4.78, 5) is 13.7. The van der Waals surface area contributed by atoms with Crippen LogP contribution in [0.3, 0.4) is 0 Å². The van der Waals surface area contributed by atoms with Crippen molar-refractivity contribution in [2.45, 2.75) is 12.8 Å². The SMILES string of the molecule is O=C1c2cc(Cl)ccc2N(Cc2ccc(Cl)c(Cl)c2)C1O. The Morgan fingerprint density at radius 3 is 2.52 bits per heavy atom. The van der Waals surface area contributed by atoms with Gasteiger partial charge in [-0.3, -0.25) is 4.79 Å². The highest BCUT2D eigenvalue weighted by Crippen LogP contribution is 2.35. The Balaban J connectivity index is 1.96. The predicted octanol–water partition coefficient (Wildman–Crippen LogP) is 4.17. The Labute approximate surface area is 136 Å². The molecule has 1 unspecified atom stereocenters. The number of carbonyl (C=O) groups is 1. The van der Waals surface area contributed by atoms with Crippen LogP contribution < -0.4 is 4.90 Å². The molecule has 0 fully saturated rings. The van der Waals surface area contributed by atoms with Gasteiger partial charge in [-0.05, 0) is 35.9 Å². The molecule has 2 aromatic rings. The number of rotatable bonds is 2. The maximum atomic E-state index is 12.1. The van der Waals surface area contributed by atoms with E-state index in [-0.39, 0.29) is 5.78 Å². The lowest BCUT2D eigenvalue weighted by Crippen LogP contribution is -2.34. The van der Waals surface area contributed by atoms with Crippen LogP contribution in [0.2, 0.25) is 15.1 Å². The Hall–Kier alpha value is -1.26. The molecular formula is C15H10Cl3NO2. The summed E-state index contributed by atoms with van der Waals surface area (Å²) in [7, 11) is 0. The highest BCUT2D eigenvalue weighted by Gasteiger charge is 2.35. The second-order valence-corrected chi connectivity index (χ2v) is 6.03. The van der Waals surface area contributed by atoms with Crippen LogP contribution in [0.25, 0.3) is 0 Å². The highest BCUT2D eigenvalue weighted by atomic mass is 35.5. The molecule has 0 radical (unpaired) electrons. The summed E-state index contributed by atoms with van der Waals surface area (Å²) in [6.45, 7) is 0.346. The number of halogens is 3. The molecule has 3 rings (SSSR count). The van der Waals surface area contributed by atoms with Crippen LogP contribution in [0.1, 0.15) is 15.9 Å². The van der Waals surface area contributed by atoms with Gasteiger partial charge < -0.3 is 10.0 Å². The van der Waals surface area contributed by atoms with E-state index in [2.05, 4.69) is 0 Å². The fourth-order valence-electron chi connectivity index (χ4n) is 2.37. The number of carbonyl (C=O) groups excluding carboxylic acids is 1. The van der Waals surface area contributed by atoms with E-state index in [1.54, 1.807) is 41.3 Å². The maximum absolute atomic E-state index is 12.1. The number of aliphatic hydroxyl groups is 1. The van der Waals surface area contributed by atoms with E-state index in [4.69, 9.17) is 34.8 Å². The van der Waals surface area contributed by atoms with Crippen LogP contribution in [-0.4, -0.2) is 17.1 Å². The van der Waals surface area contributed by atoms with E-state index in [1.807, 2.05) is 0 Å². The molecule has 0 saturated heterocycles. The van der Waals surface area contributed by atoms with Crippen LogP contribution in [0.4, 0.5) is 5.69 Å². The first-order valence-electron chi connectivity index (χ1n) is 6.20. The van der Waals surface area contributed by atoms with Gasteiger partial charge in [-0.1, -0.05) is 40.9 Å². The molecule has 2 aromatic carbocycles. The second kappa shape index (κ2) is 5.50. The highest BCUT2D eigenvalue weighted by molar-refractivity contribution is 6.42. The van der Waals surface area contributed by atoms with Crippen molar-refractivity contribution in [1.29, 1.82) is 0 Å². The van der Waals surface area contributed by atoms with Crippen molar-refractivity contribution in [2.24, 2.45) is 0 Å². The van der Waals surface area contributed by atoms with E-state index in [0.717, 1.165) is 5.56 Å². The second-order valence-electron chi connectivity index (χ2n) is 4.78. The number of Topliss-reactive ketones (excluding diaryl/α,β-unsaturated/α-hetero) is 1. The minimum Gasteiger partial charge on any atom is -0.367 e. The summed E-state index contributed by atoms with van der Waals surface area (Å²) < 4.78 is 0. The number of fused-ring (bicyclic) bond motifs is 1. The summed E-state index contributed by atoms with van der Waals surface area (Å²) in [5.74, 6) is -0.354. The number of aliphatic hydroxyl groups excluding tert-OH is 1.